The molecule has 0 spiro atoms. The molecule has 2 atom stereocenters. The van der Waals surface area contributed by atoms with Crippen molar-refractivity contribution in [1.82, 2.24) is 5.32 Å². The molecule has 3 rings (SSSR count). The van der Waals surface area contributed by atoms with Crippen molar-refractivity contribution in [1.29, 1.82) is 0 Å². The molecule has 0 saturated heterocycles. The Hall–Kier alpha value is -2.06. The van der Waals surface area contributed by atoms with Crippen LogP contribution in [0.2, 0.25) is 0 Å². The summed E-state index contributed by atoms with van der Waals surface area (Å²) in [5.41, 5.74) is 2.88. The van der Waals surface area contributed by atoms with Gasteiger partial charge < -0.3 is 10.4 Å². The molecule has 1 unspecified atom stereocenters. The molecular weight excluding hydrogens is 364 g/mol. The number of aryl methyl sites for hydroxylation is 2. The Bertz CT molecular complexity index is 956. The number of carbonyl (C=O) groups excluding carboxylic acids is 1. The van der Waals surface area contributed by atoms with Crippen LogP contribution in [0.25, 0.3) is 0 Å². The number of Topliss-reactive ketones (excluding diaryl/α,β-unsaturated/α-hetero) is 1. The molecule has 1 aliphatic carbocycles. The van der Waals surface area contributed by atoms with E-state index >= 15 is 0 Å². The van der Waals surface area contributed by atoms with Crippen LogP contribution in [-0.4, -0.2) is 32.4 Å². The fourth-order valence-corrected chi connectivity index (χ4v) is 4.31. The second-order valence-corrected chi connectivity index (χ2v) is 8.53. The molecule has 0 aliphatic heterocycles. The molecule has 0 aromatic heterocycles. The number of sulfonamides is 1. The van der Waals surface area contributed by atoms with Gasteiger partial charge in [0.1, 0.15) is 0 Å². The van der Waals surface area contributed by atoms with E-state index in [1.54, 1.807) is 19.1 Å². The van der Waals surface area contributed by atoms with E-state index in [1.165, 1.54) is 6.07 Å². The van der Waals surface area contributed by atoms with E-state index in [0.717, 1.165) is 24.0 Å². The molecule has 0 radical (unpaired) electrons. The second kappa shape index (κ2) is 7.90. The normalized spacial score (nSPS) is 18.2. The van der Waals surface area contributed by atoms with Crippen LogP contribution in [0.4, 0.5) is 0 Å². The van der Waals surface area contributed by atoms with Crippen molar-refractivity contribution in [3.8, 4) is 0 Å². The van der Waals surface area contributed by atoms with Gasteiger partial charge in [0.05, 0.1) is 11.0 Å². The van der Waals surface area contributed by atoms with Gasteiger partial charge in [-0.1, -0.05) is 36.4 Å². The van der Waals surface area contributed by atoms with Crippen LogP contribution in [0.3, 0.4) is 0 Å². The summed E-state index contributed by atoms with van der Waals surface area (Å²) >= 11 is 0. The Morgan fingerprint density at radius 2 is 2.00 bits per heavy atom. The summed E-state index contributed by atoms with van der Waals surface area (Å²) < 4.78 is 23.3. The van der Waals surface area contributed by atoms with Crippen LogP contribution < -0.4 is 10.5 Å². The summed E-state index contributed by atoms with van der Waals surface area (Å²) in [6.07, 6.45) is 0.753. The number of hydrogen-bond donors (Lipinski definition) is 3. The number of aliphatic hydroxyl groups excluding tert-OH is 1. The number of nitrogens with two attached hydrogens (primary N) is 1. The lowest BCUT2D eigenvalue weighted by Gasteiger charge is -2.24. The lowest BCUT2D eigenvalue weighted by Crippen LogP contribution is -2.34. The minimum atomic E-state index is -3.84. The highest BCUT2D eigenvalue weighted by molar-refractivity contribution is 7.89. The van der Waals surface area contributed by atoms with Gasteiger partial charge in [-0.25, -0.2) is 13.6 Å². The van der Waals surface area contributed by atoms with Crippen molar-refractivity contribution < 1.29 is 18.3 Å². The molecule has 144 valence electrons. The number of primary sulfonamides is 1. The third kappa shape index (κ3) is 4.44. The molecule has 27 heavy (non-hydrogen) atoms. The van der Waals surface area contributed by atoms with Crippen LogP contribution in [0, 0.1) is 12.8 Å². The molecule has 2 aromatic carbocycles. The van der Waals surface area contributed by atoms with Gasteiger partial charge in [-0.3, -0.25) is 4.79 Å². The molecule has 4 N–H and O–H groups in total. The van der Waals surface area contributed by atoms with E-state index < -0.39 is 16.1 Å². The number of carbonyl (C=O) groups is 1. The average Bonchev–Trinajstić information content (AvgIpc) is 2.63. The largest absolute Gasteiger partial charge is 0.387 e. The van der Waals surface area contributed by atoms with Crippen LogP contribution >= 0.6 is 0 Å². The van der Waals surface area contributed by atoms with E-state index in [2.05, 4.69) is 5.32 Å². The predicted octanol–water partition coefficient (Wildman–Crippen LogP) is 1.71. The highest BCUT2D eigenvalue weighted by Crippen LogP contribution is 2.25. The number of rotatable bonds is 6. The zero-order chi connectivity index (χ0) is 19.6. The summed E-state index contributed by atoms with van der Waals surface area (Å²) in [6.45, 7) is 2.34. The number of aliphatic hydroxyl groups is 1. The number of nitrogens with one attached hydrogen (secondary N) is 1. The summed E-state index contributed by atoms with van der Waals surface area (Å²) in [5.74, 6) is 0.00999. The first-order valence-electron chi connectivity index (χ1n) is 8.91. The van der Waals surface area contributed by atoms with Crippen LogP contribution in [0.5, 0.6) is 0 Å². The van der Waals surface area contributed by atoms with Crippen molar-refractivity contribution in [3.63, 3.8) is 0 Å². The Labute approximate surface area is 159 Å². The van der Waals surface area contributed by atoms with E-state index in [1.807, 2.05) is 24.3 Å². The van der Waals surface area contributed by atoms with Gasteiger partial charge in [0.2, 0.25) is 10.0 Å². The molecule has 0 bridgehead atoms. The van der Waals surface area contributed by atoms with Gasteiger partial charge in [-0.15, -0.1) is 0 Å². The van der Waals surface area contributed by atoms with Crippen molar-refractivity contribution >= 4 is 15.8 Å². The first kappa shape index (κ1) is 19.7. The maximum Gasteiger partial charge on any atom is 0.238 e. The van der Waals surface area contributed by atoms with Crippen molar-refractivity contribution in [2.75, 3.05) is 13.1 Å². The van der Waals surface area contributed by atoms with Crippen molar-refractivity contribution in [2.24, 2.45) is 11.1 Å². The summed E-state index contributed by atoms with van der Waals surface area (Å²) in [5, 5.41) is 18.7. The monoisotopic (exact) mass is 388 g/mol. The topological polar surface area (TPSA) is 109 Å². The van der Waals surface area contributed by atoms with E-state index in [-0.39, 0.29) is 23.1 Å². The van der Waals surface area contributed by atoms with Gasteiger partial charge in [0.15, 0.2) is 5.78 Å². The molecule has 0 saturated carbocycles. The molecule has 7 heteroatoms. The third-order valence-corrected chi connectivity index (χ3v) is 6.10. The first-order valence-corrected chi connectivity index (χ1v) is 10.5. The molecule has 2 aromatic rings. The second-order valence-electron chi connectivity index (χ2n) is 7.00. The quantitative estimate of drug-likeness (QED) is 0.698. The third-order valence-electron chi connectivity index (χ3n) is 5.05. The highest BCUT2D eigenvalue weighted by atomic mass is 32.2. The number of benzene rings is 2. The molecule has 0 amide bonds. The van der Waals surface area contributed by atoms with Gasteiger partial charge >= 0.3 is 0 Å². The minimum absolute atomic E-state index is 0.0121. The maximum atomic E-state index is 12.6. The van der Waals surface area contributed by atoms with Crippen molar-refractivity contribution in [3.05, 3.63) is 64.7 Å². The molecule has 0 heterocycles. The van der Waals surface area contributed by atoms with Crippen molar-refractivity contribution in [2.45, 2.75) is 30.8 Å². The van der Waals surface area contributed by atoms with Gasteiger partial charge in [0, 0.05) is 24.6 Å². The van der Waals surface area contributed by atoms with Crippen LogP contribution in [-0.2, 0) is 16.4 Å². The summed E-state index contributed by atoms with van der Waals surface area (Å²) in [4.78, 5) is 12.6. The lowest BCUT2D eigenvalue weighted by atomic mass is 9.83. The Morgan fingerprint density at radius 1 is 1.26 bits per heavy atom. The summed E-state index contributed by atoms with van der Waals surface area (Å²) in [7, 11) is -3.84. The first-order chi connectivity index (χ1) is 12.8. The fourth-order valence-electron chi connectivity index (χ4n) is 3.50. The number of ketones is 1. The smallest absolute Gasteiger partial charge is 0.238 e. The van der Waals surface area contributed by atoms with Gasteiger partial charge in [-0.2, -0.15) is 0 Å². The standard InChI is InChI=1S/C20H24N2O4S/c1-13-6-7-15(10-19(13)27(21,25)26)18(23)12-22-11-16-9-8-14-4-2-3-5-17(14)20(16)24/h2-7,10,16,18,22-23H,8-9,11-12H2,1H3,(H2,21,25,26)/t16?,18-/m1/s1. The fraction of sp³-hybridized carbons (Fsp3) is 0.350. The zero-order valence-electron chi connectivity index (χ0n) is 15.2. The Kier molecular flexibility index (Phi) is 5.76. The van der Waals surface area contributed by atoms with Crippen LogP contribution in [0.15, 0.2) is 47.4 Å². The van der Waals surface area contributed by atoms with Gasteiger partial charge in [-0.05, 0) is 42.5 Å². The lowest BCUT2D eigenvalue weighted by molar-refractivity contribution is 0.0895. The van der Waals surface area contributed by atoms with Crippen LogP contribution in [0.1, 0.15) is 39.6 Å². The number of fused-ring (bicyclic) bond motifs is 1. The average molecular weight is 388 g/mol. The molecular formula is C20H24N2O4S. The highest BCUT2D eigenvalue weighted by Gasteiger charge is 2.26. The molecule has 0 fully saturated rings. The predicted molar refractivity (Wildman–Crippen MR) is 103 cm³/mol. The van der Waals surface area contributed by atoms with E-state index in [0.29, 0.717) is 17.7 Å². The van der Waals surface area contributed by atoms with E-state index in [9.17, 15) is 18.3 Å². The maximum absolute atomic E-state index is 12.6. The SMILES string of the molecule is Cc1ccc([C@H](O)CNCC2CCc3ccccc3C2=O)cc1S(N)(=O)=O. The zero-order valence-corrected chi connectivity index (χ0v) is 16.0. The molecule has 6 nitrogen and oxygen atoms in total. The Morgan fingerprint density at radius 3 is 2.74 bits per heavy atom. The van der Waals surface area contributed by atoms with Gasteiger partial charge in [0.25, 0.3) is 0 Å². The molecule has 1 aliphatic rings. The van der Waals surface area contributed by atoms with E-state index in [4.69, 9.17) is 5.14 Å². The Balaban J connectivity index is 1.61. The summed E-state index contributed by atoms with van der Waals surface area (Å²) in [6, 6.07) is 12.4. The number of hydrogen-bond acceptors (Lipinski definition) is 5. The minimum Gasteiger partial charge on any atom is -0.387 e.